The van der Waals surface area contributed by atoms with Gasteiger partial charge >= 0.3 is 0 Å². The van der Waals surface area contributed by atoms with Crippen LogP contribution in [0.15, 0.2) is 48.8 Å². The molecule has 4 heteroatoms. The number of aromatic nitrogens is 3. The van der Waals surface area contributed by atoms with Crippen molar-refractivity contribution in [3.8, 4) is 11.3 Å². The monoisotopic (exact) mass is 428 g/mol. The van der Waals surface area contributed by atoms with Gasteiger partial charge in [0.1, 0.15) is 0 Å². The molecule has 1 aliphatic carbocycles. The summed E-state index contributed by atoms with van der Waals surface area (Å²) >= 11 is 0. The summed E-state index contributed by atoms with van der Waals surface area (Å²) in [6, 6.07) is 12.7. The molecule has 4 nitrogen and oxygen atoms in total. The Labute approximate surface area is 192 Å². The van der Waals surface area contributed by atoms with Gasteiger partial charge in [-0.15, -0.1) is 0 Å². The normalized spacial score (nSPS) is 20.7. The Morgan fingerprint density at radius 1 is 1.00 bits per heavy atom. The number of benzene rings is 1. The first-order valence-corrected chi connectivity index (χ1v) is 12.3. The van der Waals surface area contributed by atoms with E-state index >= 15 is 0 Å². The number of hydrogen-bond donors (Lipinski definition) is 0. The van der Waals surface area contributed by atoms with Gasteiger partial charge in [-0.3, -0.25) is 4.98 Å². The Hall–Kier alpha value is -2.33. The zero-order valence-corrected chi connectivity index (χ0v) is 19.8. The molecule has 1 unspecified atom stereocenters. The molecule has 3 aromatic rings. The van der Waals surface area contributed by atoms with Gasteiger partial charge in [-0.25, -0.2) is 0 Å². The summed E-state index contributed by atoms with van der Waals surface area (Å²) in [4.78, 5) is 6.92. The van der Waals surface area contributed by atoms with Crippen LogP contribution in [-0.4, -0.2) is 39.7 Å². The van der Waals surface area contributed by atoms with Gasteiger partial charge in [-0.1, -0.05) is 32.9 Å². The summed E-state index contributed by atoms with van der Waals surface area (Å²) in [7, 11) is 0. The molecule has 32 heavy (non-hydrogen) atoms. The van der Waals surface area contributed by atoms with E-state index in [1.807, 2.05) is 18.5 Å². The molecule has 1 atom stereocenters. The lowest BCUT2D eigenvalue weighted by Crippen LogP contribution is -2.37. The quantitative estimate of drug-likeness (QED) is 0.471. The van der Waals surface area contributed by atoms with Crippen molar-refractivity contribution in [3.05, 3.63) is 54.5 Å². The molecule has 3 heterocycles. The van der Waals surface area contributed by atoms with Gasteiger partial charge < -0.3 is 4.90 Å². The lowest BCUT2D eigenvalue weighted by molar-refractivity contribution is 0.145. The van der Waals surface area contributed by atoms with E-state index in [0.29, 0.717) is 10.8 Å². The lowest BCUT2D eigenvalue weighted by Gasteiger charge is -2.34. The number of pyridine rings is 1. The average molecular weight is 429 g/mol. The van der Waals surface area contributed by atoms with E-state index in [-0.39, 0.29) is 0 Å². The average Bonchev–Trinajstić information content (AvgIpc) is 3.48. The smallest absolute Gasteiger partial charge is 0.0930 e. The molecule has 0 bridgehead atoms. The second-order valence-electron chi connectivity index (χ2n) is 11.3. The molecule has 1 saturated carbocycles. The fourth-order valence-electron chi connectivity index (χ4n) is 5.38. The highest BCUT2D eigenvalue weighted by atomic mass is 15.1. The first kappa shape index (κ1) is 21.5. The SMILES string of the molecule is CC(C)(C)CCN1CCC2(CC1)CC2CCc1ccc(-c2ccc3ccncc3c2)nn1. The van der Waals surface area contributed by atoms with Gasteiger partial charge in [0.15, 0.2) is 0 Å². The van der Waals surface area contributed by atoms with Gasteiger partial charge in [0.05, 0.1) is 11.4 Å². The molecular weight excluding hydrogens is 392 g/mol. The maximum atomic E-state index is 4.55. The molecule has 2 aliphatic rings. The van der Waals surface area contributed by atoms with Gasteiger partial charge in [0, 0.05) is 23.3 Å². The molecular formula is C28H36N4. The summed E-state index contributed by atoms with van der Waals surface area (Å²) in [6.45, 7) is 10.9. The number of nitrogens with zero attached hydrogens (tertiary/aromatic N) is 4. The minimum Gasteiger partial charge on any atom is -0.303 e. The molecule has 168 valence electrons. The molecule has 2 aromatic heterocycles. The van der Waals surface area contributed by atoms with Crippen molar-refractivity contribution in [2.24, 2.45) is 16.7 Å². The lowest BCUT2D eigenvalue weighted by atomic mass is 9.88. The van der Waals surface area contributed by atoms with Crippen molar-refractivity contribution in [3.63, 3.8) is 0 Å². The zero-order valence-electron chi connectivity index (χ0n) is 19.8. The van der Waals surface area contributed by atoms with E-state index in [0.717, 1.165) is 34.7 Å². The minimum atomic E-state index is 0.444. The molecule has 1 aliphatic heterocycles. The summed E-state index contributed by atoms with van der Waals surface area (Å²) in [5, 5.41) is 11.4. The van der Waals surface area contributed by atoms with E-state index in [1.54, 1.807) is 0 Å². The molecule has 1 saturated heterocycles. The van der Waals surface area contributed by atoms with Crippen LogP contribution in [0.2, 0.25) is 0 Å². The van der Waals surface area contributed by atoms with Gasteiger partial charge in [-0.05, 0) is 105 Å². The van der Waals surface area contributed by atoms with E-state index < -0.39 is 0 Å². The van der Waals surface area contributed by atoms with Crippen molar-refractivity contribution < 1.29 is 0 Å². The van der Waals surface area contributed by atoms with E-state index in [4.69, 9.17) is 0 Å². The third kappa shape index (κ3) is 4.85. The topological polar surface area (TPSA) is 41.9 Å². The van der Waals surface area contributed by atoms with Crippen LogP contribution in [0.5, 0.6) is 0 Å². The third-order valence-electron chi connectivity index (χ3n) is 7.79. The standard InChI is InChI=1S/C28H36N4/c1-27(2,3)11-15-32-16-12-28(13-17-32)19-24(28)6-7-25-8-9-26(31-30-25)22-5-4-21-10-14-29-20-23(21)18-22/h4-5,8-10,14,18,20,24H,6-7,11-13,15-17,19H2,1-3H3. The van der Waals surface area contributed by atoms with Crippen LogP contribution in [-0.2, 0) is 6.42 Å². The second kappa shape index (κ2) is 8.55. The van der Waals surface area contributed by atoms with E-state index in [9.17, 15) is 0 Å². The van der Waals surface area contributed by atoms with Crippen LogP contribution in [0.1, 0.15) is 58.6 Å². The highest BCUT2D eigenvalue weighted by molar-refractivity contribution is 5.85. The molecule has 1 aromatic carbocycles. The number of rotatable bonds is 6. The molecule has 2 fully saturated rings. The van der Waals surface area contributed by atoms with Crippen molar-refractivity contribution in [1.29, 1.82) is 0 Å². The fourth-order valence-corrected chi connectivity index (χ4v) is 5.38. The number of hydrogen-bond acceptors (Lipinski definition) is 4. The van der Waals surface area contributed by atoms with Crippen LogP contribution in [0.25, 0.3) is 22.0 Å². The summed E-state index contributed by atoms with van der Waals surface area (Å²) in [5.74, 6) is 0.890. The van der Waals surface area contributed by atoms with Crippen molar-refractivity contribution in [1.82, 2.24) is 20.1 Å². The second-order valence-corrected chi connectivity index (χ2v) is 11.3. The summed E-state index contributed by atoms with van der Waals surface area (Å²) in [6.07, 6.45) is 11.6. The first-order valence-electron chi connectivity index (χ1n) is 12.3. The predicted octanol–water partition coefficient (Wildman–Crippen LogP) is 6.16. The maximum Gasteiger partial charge on any atom is 0.0930 e. The van der Waals surface area contributed by atoms with Crippen LogP contribution in [0.4, 0.5) is 0 Å². The fraction of sp³-hybridized carbons (Fsp3) is 0.536. The number of fused-ring (bicyclic) bond motifs is 1. The van der Waals surface area contributed by atoms with Crippen molar-refractivity contribution in [2.45, 2.75) is 59.3 Å². The minimum absolute atomic E-state index is 0.444. The Kier molecular flexibility index (Phi) is 5.75. The summed E-state index contributed by atoms with van der Waals surface area (Å²) in [5.41, 5.74) is 4.25. The van der Waals surface area contributed by atoms with Crippen molar-refractivity contribution in [2.75, 3.05) is 19.6 Å². The van der Waals surface area contributed by atoms with Crippen LogP contribution in [0, 0.1) is 16.7 Å². The Morgan fingerprint density at radius 2 is 1.84 bits per heavy atom. The number of aryl methyl sites for hydroxylation is 1. The molecule has 1 spiro atoms. The predicted molar refractivity (Wildman–Crippen MR) is 131 cm³/mol. The van der Waals surface area contributed by atoms with E-state index in [1.165, 1.54) is 57.1 Å². The zero-order chi connectivity index (χ0) is 22.2. The molecule has 5 rings (SSSR count). The van der Waals surface area contributed by atoms with Gasteiger partial charge in [-0.2, -0.15) is 10.2 Å². The van der Waals surface area contributed by atoms with Crippen molar-refractivity contribution >= 4 is 10.8 Å². The Bertz CT molecular complexity index is 1060. The Morgan fingerprint density at radius 3 is 2.59 bits per heavy atom. The van der Waals surface area contributed by atoms with Crippen LogP contribution < -0.4 is 0 Å². The largest absolute Gasteiger partial charge is 0.303 e. The third-order valence-corrected chi connectivity index (χ3v) is 7.79. The van der Waals surface area contributed by atoms with E-state index in [2.05, 4.69) is 71.2 Å². The summed E-state index contributed by atoms with van der Waals surface area (Å²) < 4.78 is 0. The molecule has 0 radical (unpaired) electrons. The van der Waals surface area contributed by atoms with Crippen LogP contribution in [0.3, 0.4) is 0 Å². The molecule has 0 N–H and O–H groups in total. The van der Waals surface area contributed by atoms with Gasteiger partial charge in [0.25, 0.3) is 0 Å². The highest BCUT2D eigenvalue weighted by Crippen LogP contribution is 2.61. The van der Waals surface area contributed by atoms with Crippen LogP contribution >= 0.6 is 0 Å². The highest BCUT2D eigenvalue weighted by Gasteiger charge is 2.53. The van der Waals surface area contributed by atoms with Gasteiger partial charge in [0.2, 0.25) is 0 Å². The first-order chi connectivity index (χ1) is 15.4. The molecule has 0 amide bonds. The maximum absolute atomic E-state index is 4.55. The Balaban J connectivity index is 1.12. The number of likely N-dealkylation sites (tertiary alicyclic amines) is 1. The number of piperidine rings is 1.